The molecular formula is C21H15Cl2N3O2S2. The van der Waals surface area contributed by atoms with Crippen LogP contribution in [0.1, 0.15) is 11.3 Å². The van der Waals surface area contributed by atoms with Gasteiger partial charge in [0.2, 0.25) is 0 Å². The van der Waals surface area contributed by atoms with Crippen molar-refractivity contribution in [3.63, 3.8) is 0 Å². The van der Waals surface area contributed by atoms with Crippen LogP contribution in [0, 0.1) is 6.92 Å². The molecule has 1 saturated heterocycles. The van der Waals surface area contributed by atoms with E-state index >= 15 is 0 Å². The summed E-state index contributed by atoms with van der Waals surface area (Å²) >= 11 is 18.8. The molecule has 9 heteroatoms. The predicted octanol–water partition coefficient (Wildman–Crippen LogP) is 5.20. The molecule has 1 fully saturated rings. The minimum Gasteiger partial charge on any atom is -0.283 e. The lowest BCUT2D eigenvalue weighted by molar-refractivity contribution is -0.113. The van der Waals surface area contributed by atoms with Gasteiger partial charge in [0.1, 0.15) is 5.69 Å². The molecule has 0 aliphatic carbocycles. The van der Waals surface area contributed by atoms with Crippen molar-refractivity contribution in [1.29, 1.82) is 0 Å². The summed E-state index contributed by atoms with van der Waals surface area (Å²) in [6, 6.07) is 14.3. The molecule has 0 N–H and O–H groups in total. The molecule has 5 nitrogen and oxygen atoms in total. The van der Waals surface area contributed by atoms with Crippen molar-refractivity contribution in [2.45, 2.75) is 6.92 Å². The van der Waals surface area contributed by atoms with E-state index in [1.807, 2.05) is 30.3 Å². The maximum Gasteiger partial charge on any atom is 0.296 e. The smallest absolute Gasteiger partial charge is 0.283 e. The van der Waals surface area contributed by atoms with E-state index in [2.05, 4.69) is 0 Å². The Morgan fingerprint density at radius 3 is 2.43 bits per heavy atom. The van der Waals surface area contributed by atoms with Crippen LogP contribution < -0.4 is 10.5 Å². The zero-order valence-corrected chi connectivity index (χ0v) is 19.1. The highest BCUT2D eigenvalue weighted by Crippen LogP contribution is 2.37. The van der Waals surface area contributed by atoms with Gasteiger partial charge in [0.05, 0.1) is 16.3 Å². The van der Waals surface area contributed by atoms with Crippen LogP contribution in [-0.4, -0.2) is 19.6 Å². The van der Waals surface area contributed by atoms with E-state index in [1.165, 1.54) is 9.58 Å². The lowest BCUT2D eigenvalue weighted by atomic mass is 10.2. The molecule has 30 heavy (non-hydrogen) atoms. The Hall–Kier alpha value is -2.32. The Bertz CT molecular complexity index is 1280. The largest absolute Gasteiger partial charge is 0.296 e. The summed E-state index contributed by atoms with van der Waals surface area (Å²) in [7, 11) is 1.77. The van der Waals surface area contributed by atoms with Crippen LogP contribution >= 0.6 is 47.2 Å². The van der Waals surface area contributed by atoms with Gasteiger partial charge in [-0.25, -0.2) is 4.68 Å². The van der Waals surface area contributed by atoms with Crippen LogP contribution in [0.25, 0.3) is 11.8 Å². The molecule has 1 aliphatic rings. The first-order chi connectivity index (χ1) is 14.3. The fourth-order valence-corrected chi connectivity index (χ4v) is 4.96. The van der Waals surface area contributed by atoms with Crippen molar-refractivity contribution in [2.75, 3.05) is 4.90 Å². The summed E-state index contributed by atoms with van der Waals surface area (Å²) in [4.78, 5) is 28.1. The van der Waals surface area contributed by atoms with Gasteiger partial charge in [-0.15, -0.1) is 0 Å². The number of hydrogen-bond acceptors (Lipinski definition) is 4. The Labute approximate surface area is 192 Å². The Balaban J connectivity index is 1.79. The van der Waals surface area contributed by atoms with Crippen LogP contribution in [-0.2, 0) is 11.8 Å². The third-order valence-corrected chi connectivity index (χ3v) is 6.65. The molecule has 3 aromatic rings. The summed E-state index contributed by atoms with van der Waals surface area (Å²) in [6.07, 6.45) is 1.66. The summed E-state index contributed by atoms with van der Waals surface area (Å²) in [5.74, 6) is -0.359. The van der Waals surface area contributed by atoms with Gasteiger partial charge < -0.3 is 0 Å². The molecule has 1 aromatic heterocycles. The molecule has 0 spiro atoms. The zero-order valence-electron chi connectivity index (χ0n) is 15.9. The normalized spacial score (nSPS) is 15.5. The molecule has 1 aliphatic heterocycles. The minimum atomic E-state index is -0.359. The molecule has 0 radical (unpaired) electrons. The Morgan fingerprint density at radius 2 is 1.77 bits per heavy atom. The maximum atomic E-state index is 13.3. The quantitative estimate of drug-likeness (QED) is 0.385. The minimum absolute atomic E-state index is 0.245. The Morgan fingerprint density at radius 1 is 1.07 bits per heavy atom. The van der Waals surface area contributed by atoms with Crippen molar-refractivity contribution >= 4 is 69.2 Å². The standard InChI is InChI=1S/C21H15Cl2N3O2S2/c1-12-18(20(28)26(24(12)2)15-6-4-3-5-7-15)25-19(27)17(30-21(25)29)10-13-8-9-14(22)11-16(13)23/h3-11H,1-2H3. The van der Waals surface area contributed by atoms with Gasteiger partial charge >= 0.3 is 0 Å². The van der Waals surface area contributed by atoms with E-state index in [9.17, 15) is 9.59 Å². The number of carbonyl (C=O) groups excluding carboxylic acids is 1. The zero-order chi connectivity index (χ0) is 21.6. The fourth-order valence-electron chi connectivity index (χ4n) is 3.23. The average Bonchev–Trinajstić information content (AvgIpc) is 3.10. The highest BCUT2D eigenvalue weighted by atomic mass is 35.5. The van der Waals surface area contributed by atoms with Gasteiger partial charge in [-0.3, -0.25) is 19.2 Å². The first kappa shape index (κ1) is 20.9. The summed E-state index contributed by atoms with van der Waals surface area (Å²) in [6.45, 7) is 1.79. The van der Waals surface area contributed by atoms with Crippen LogP contribution in [0.2, 0.25) is 10.0 Å². The number of para-hydroxylation sites is 1. The molecule has 0 bridgehead atoms. The number of benzene rings is 2. The van der Waals surface area contributed by atoms with Gasteiger partial charge in [-0.1, -0.05) is 71.4 Å². The van der Waals surface area contributed by atoms with E-state index in [0.29, 0.717) is 36.2 Å². The number of anilines is 1. The van der Waals surface area contributed by atoms with Crippen molar-refractivity contribution in [1.82, 2.24) is 9.36 Å². The lowest BCUT2D eigenvalue weighted by Gasteiger charge is -2.12. The number of thioether (sulfide) groups is 1. The van der Waals surface area contributed by atoms with Gasteiger partial charge in [-0.05, 0) is 42.8 Å². The summed E-state index contributed by atoms with van der Waals surface area (Å²) < 4.78 is 3.52. The number of rotatable bonds is 3. The van der Waals surface area contributed by atoms with Gasteiger partial charge in [0, 0.05) is 17.1 Å². The lowest BCUT2D eigenvalue weighted by Crippen LogP contribution is -2.33. The second-order valence-corrected chi connectivity index (χ2v) is 9.11. The number of hydrogen-bond donors (Lipinski definition) is 0. The maximum absolute atomic E-state index is 13.3. The average molecular weight is 476 g/mol. The molecule has 0 unspecified atom stereocenters. The highest BCUT2D eigenvalue weighted by Gasteiger charge is 2.37. The van der Waals surface area contributed by atoms with E-state index in [0.717, 1.165) is 11.8 Å². The van der Waals surface area contributed by atoms with Gasteiger partial charge in [0.15, 0.2) is 4.32 Å². The third-order valence-electron chi connectivity index (χ3n) is 4.79. The molecule has 152 valence electrons. The van der Waals surface area contributed by atoms with Crippen LogP contribution in [0.3, 0.4) is 0 Å². The van der Waals surface area contributed by atoms with Crippen LogP contribution in [0.15, 0.2) is 58.2 Å². The molecular weight excluding hydrogens is 461 g/mol. The number of amides is 1. The Kier molecular flexibility index (Phi) is 5.63. The third kappa shape index (κ3) is 3.52. The first-order valence-electron chi connectivity index (χ1n) is 8.86. The topological polar surface area (TPSA) is 47.2 Å². The molecule has 2 aromatic carbocycles. The number of nitrogens with zero attached hydrogens (tertiary/aromatic N) is 3. The number of carbonyl (C=O) groups is 1. The van der Waals surface area contributed by atoms with Crippen LogP contribution in [0.5, 0.6) is 0 Å². The fraction of sp³-hybridized carbons (Fsp3) is 0.0952. The molecule has 2 heterocycles. The molecule has 0 saturated carbocycles. The van der Waals surface area contributed by atoms with E-state index < -0.39 is 0 Å². The number of thiocarbonyl (C=S) groups is 1. The molecule has 1 amide bonds. The van der Waals surface area contributed by atoms with Crippen LogP contribution in [0.4, 0.5) is 5.69 Å². The second kappa shape index (κ2) is 8.07. The molecule has 0 atom stereocenters. The summed E-state index contributed by atoms with van der Waals surface area (Å²) in [5.41, 5.74) is 1.91. The molecule has 4 rings (SSSR count). The monoisotopic (exact) mass is 475 g/mol. The van der Waals surface area contributed by atoms with Crippen molar-refractivity contribution in [3.05, 3.63) is 85.1 Å². The van der Waals surface area contributed by atoms with Gasteiger partial charge in [-0.2, -0.15) is 0 Å². The van der Waals surface area contributed by atoms with E-state index in [4.69, 9.17) is 35.4 Å². The SMILES string of the molecule is Cc1c(N2C(=O)C(=Cc3ccc(Cl)cc3Cl)SC2=S)c(=O)n(-c2ccccc2)n1C. The van der Waals surface area contributed by atoms with Gasteiger partial charge in [0.25, 0.3) is 11.5 Å². The van der Waals surface area contributed by atoms with Crippen molar-refractivity contribution in [3.8, 4) is 5.69 Å². The van der Waals surface area contributed by atoms with Crippen molar-refractivity contribution < 1.29 is 4.79 Å². The van der Waals surface area contributed by atoms with E-state index in [-0.39, 0.29) is 17.2 Å². The predicted molar refractivity (Wildman–Crippen MR) is 128 cm³/mol. The summed E-state index contributed by atoms with van der Waals surface area (Å²) in [5, 5.41) is 0.932. The first-order valence-corrected chi connectivity index (χ1v) is 10.8. The number of aromatic nitrogens is 2. The van der Waals surface area contributed by atoms with Crippen molar-refractivity contribution in [2.24, 2.45) is 7.05 Å². The second-order valence-electron chi connectivity index (χ2n) is 6.59. The highest BCUT2D eigenvalue weighted by molar-refractivity contribution is 8.27. The number of halogens is 2. The van der Waals surface area contributed by atoms with E-state index in [1.54, 1.807) is 42.9 Å².